The minimum Gasteiger partial charge on any atom is -0.353 e. The van der Waals surface area contributed by atoms with Gasteiger partial charge in [0, 0.05) is 19.5 Å². The number of hydrogen-bond acceptors (Lipinski definition) is 2. The van der Waals surface area contributed by atoms with E-state index >= 15 is 0 Å². The van der Waals surface area contributed by atoms with Gasteiger partial charge in [-0.2, -0.15) is 0 Å². The first-order valence-electron chi connectivity index (χ1n) is 4.75. The van der Waals surface area contributed by atoms with Crippen molar-refractivity contribution >= 4 is 5.91 Å². The predicted octanol–water partition coefficient (Wildman–Crippen LogP) is 0.924. The van der Waals surface area contributed by atoms with Crippen molar-refractivity contribution in [1.29, 1.82) is 0 Å². The molecule has 0 aromatic heterocycles. The van der Waals surface area contributed by atoms with Crippen LogP contribution in [0.2, 0.25) is 0 Å². The summed E-state index contributed by atoms with van der Waals surface area (Å²) in [4.78, 5) is 11.0. The number of rotatable bonds is 7. The lowest BCUT2D eigenvalue weighted by molar-refractivity contribution is -0.120. The van der Waals surface area contributed by atoms with Gasteiger partial charge in [0.2, 0.25) is 5.91 Å². The third-order valence-electron chi connectivity index (χ3n) is 1.52. The molecular formula is C10H20N2O. The van der Waals surface area contributed by atoms with Crippen molar-refractivity contribution in [1.82, 2.24) is 10.6 Å². The number of hydrogen-bond donors (Lipinski definition) is 2. The van der Waals surface area contributed by atoms with Gasteiger partial charge in [0.05, 0.1) is 0 Å². The highest BCUT2D eigenvalue weighted by Crippen LogP contribution is 1.87. The summed E-state index contributed by atoms with van der Waals surface area (Å²) < 4.78 is 0. The van der Waals surface area contributed by atoms with Gasteiger partial charge in [0.1, 0.15) is 0 Å². The molecule has 3 nitrogen and oxygen atoms in total. The summed E-state index contributed by atoms with van der Waals surface area (Å²) in [6.45, 7) is 10.1. The number of carbonyl (C=O) groups is 1. The Kier molecular flexibility index (Phi) is 7.30. The maximum atomic E-state index is 11.0. The molecule has 0 saturated heterocycles. The van der Waals surface area contributed by atoms with Gasteiger partial charge in [-0.1, -0.05) is 19.9 Å². The molecule has 13 heavy (non-hydrogen) atoms. The van der Waals surface area contributed by atoms with Crippen molar-refractivity contribution in [3.63, 3.8) is 0 Å². The first-order valence-corrected chi connectivity index (χ1v) is 4.75. The molecule has 76 valence electrons. The molecular weight excluding hydrogens is 164 g/mol. The Balaban J connectivity index is 3.21. The van der Waals surface area contributed by atoms with Crippen LogP contribution in [-0.4, -0.2) is 25.5 Å². The number of carbonyl (C=O) groups excluding carboxylic acids is 1. The van der Waals surface area contributed by atoms with E-state index in [2.05, 4.69) is 31.1 Å². The van der Waals surface area contributed by atoms with E-state index < -0.39 is 0 Å². The van der Waals surface area contributed by atoms with Crippen LogP contribution < -0.4 is 10.6 Å². The third kappa shape index (κ3) is 9.08. The highest BCUT2D eigenvalue weighted by atomic mass is 16.1. The fourth-order valence-electron chi connectivity index (χ4n) is 0.867. The standard InChI is InChI=1S/C10H20N2O/c1-4-6-12-10(13)5-7-11-8-9(2)3/h4,9,11H,1,5-8H2,2-3H3,(H,12,13). The summed E-state index contributed by atoms with van der Waals surface area (Å²) in [6.07, 6.45) is 2.22. The van der Waals surface area contributed by atoms with E-state index in [1.165, 1.54) is 0 Å². The van der Waals surface area contributed by atoms with Gasteiger partial charge in [0.25, 0.3) is 0 Å². The van der Waals surface area contributed by atoms with Crippen molar-refractivity contribution in [2.45, 2.75) is 20.3 Å². The second kappa shape index (κ2) is 7.80. The largest absolute Gasteiger partial charge is 0.353 e. The molecule has 0 aliphatic rings. The smallest absolute Gasteiger partial charge is 0.221 e. The lowest BCUT2D eigenvalue weighted by Crippen LogP contribution is -2.29. The van der Waals surface area contributed by atoms with Crippen LogP contribution in [0.4, 0.5) is 0 Å². The van der Waals surface area contributed by atoms with Crippen molar-refractivity contribution < 1.29 is 4.79 Å². The van der Waals surface area contributed by atoms with E-state index in [1.807, 2.05) is 0 Å². The van der Waals surface area contributed by atoms with Crippen molar-refractivity contribution in [2.75, 3.05) is 19.6 Å². The Hall–Kier alpha value is -0.830. The minimum absolute atomic E-state index is 0.0798. The van der Waals surface area contributed by atoms with Crippen molar-refractivity contribution in [3.8, 4) is 0 Å². The summed E-state index contributed by atoms with van der Waals surface area (Å²) in [5, 5.41) is 5.93. The Morgan fingerprint density at radius 2 is 2.23 bits per heavy atom. The van der Waals surface area contributed by atoms with E-state index in [0.29, 0.717) is 18.9 Å². The molecule has 0 atom stereocenters. The molecule has 0 saturated carbocycles. The summed E-state index contributed by atoms with van der Waals surface area (Å²) in [6, 6.07) is 0. The van der Waals surface area contributed by atoms with Crippen LogP contribution in [0.3, 0.4) is 0 Å². The number of amides is 1. The molecule has 0 rings (SSSR count). The number of nitrogens with one attached hydrogen (secondary N) is 2. The molecule has 2 N–H and O–H groups in total. The Labute approximate surface area is 80.6 Å². The van der Waals surface area contributed by atoms with Crippen LogP contribution in [0.15, 0.2) is 12.7 Å². The zero-order valence-corrected chi connectivity index (χ0v) is 8.60. The molecule has 0 unspecified atom stereocenters. The highest BCUT2D eigenvalue weighted by Gasteiger charge is 1.98. The van der Waals surface area contributed by atoms with E-state index in [0.717, 1.165) is 13.1 Å². The van der Waals surface area contributed by atoms with Crippen LogP contribution in [0.5, 0.6) is 0 Å². The lowest BCUT2D eigenvalue weighted by Gasteiger charge is -2.06. The quantitative estimate of drug-likeness (QED) is 0.456. The van der Waals surface area contributed by atoms with E-state index in [1.54, 1.807) is 6.08 Å². The Bertz CT molecular complexity index is 155. The molecule has 0 bridgehead atoms. The molecule has 0 aromatic carbocycles. The van der Waals surface area contributed by atoms with Gasteiger partial charge in [-0.25, -0.2) is 0 Å². The van der Waals surface area contributed by atoms with Crippen molar-refractivity contribution in [2.24, 2.45) is 5.92 Å². The average molecular weight is 184 g/mol. The van der Waals surface area contributed by atoms with Crippen LogP contribution in [0.25, 0.3) is 0 Å². The van der Waals surface area contributed by atoms with Gasteiger partial charge in [-0.3, -0.25) is 4.79 Å². The molecule has 0 aromatic rings. The topological polar surface area (TPSA) is 41.1 Å². The third-order valence-corrected chi connectivity index (χ3v) is 1.52. The fraction of sp³-hybridized carbons (Fsp3) is 0.700. The van der Waals surface area contributed by atoms with Gasteiger partial charge < -0.3 is 10.6 Å². The molecule has 0 heterocycles. The first kappa shape index (κ1) is 12.2. The second-order valence-electron chi connectivity index (χ2n) is 3.44. The summed E-state index contributed by atoms with van der Waals surface area (Å²) >= 11 is 0. The molecule has 0 fully saturated rings. The molecule has 1 amide bonds. The van der Waals surface area contributed by atoms with Crippen molar-refractivity contribution in [3.05, 3.63) is 12.7 Å². The molecule has 3 heteroatoms. The average Bonchev–Trinajstić information content (AvgIpc) is 2.08. The Morgan fingerprint density at radius 1 is 1.54 bits per heavy atom. The summed E-state index contributed by atoms with van der Waals surface area (Å²) in [5.74, 6) is 0.715. The zero-order valence-electron chi connectivity index (χ0n) is 8.60. The highest BCUT2D eigenvalue weighted by molar-refractivity contribution is 5.76. The SMILES string of the molecule is C=CCNC(=O)CCNCC(C)C. The summed E-state index contributed by atoms with van der Waals surface area (Å²) in [5.41, 5.74) is 0. The van der Waals surface area contributed by atoms with Gasteiger partial charge in [-0.05, 0) is 12.5 Å². The zero-order chi connectivity index (χ0) is 10.1. The minimum atomic E-state index is 0.0798. The fourth-order valence-corrected chi connectivity index (χ4v) is 0.867. The normalized spacial score (nSPS) is 10.1. The lowest BCUT2D eigenvalue weighted by atomic mass is 10.2. The first-order chi connectivity index (χ1) is 6.16. The van der Waals surface area contributed by atoms with Gasteiger partial charge in [0.15, 0.2) is 0 Å². The molecule has 0 aliphatic carbocycles. The van der Waals surface area contributed by atoms with Crippen LogP contribution in [0.1, 0.15) is 20.3 Å². The summed E-state index contributed by atoms with van der Waals surface area (Å²) in [7, 11) is 0. The van der Waals surface area contributed by atoms with E-state index in [9.17, 15) is 4.79 Å². The second-order valence-corrected chi connectivity index (χ2v) is 3.44. The van der Waals surface area contributed by atoms with Gasteiger partial charge >= 0.3 is 0 Å². The Morgan fingerprint density at radius 3 is 2.77 bits per heavy atom. The predicted molar refractivity (Wildman–Crippen MR) is 55.5 cm³/mol. The van der Waals surface area contributed by atoms with Gasteiger partial charge in [-0.15, -0.1) is 6.58 Å². The van der Waals surface area contributed by atoms with Crippen LogP contribution >= 0.6 is 0 Å². The molecule has 0 aliphatic heterocycles. The maximum absolute atomic E-state index is 11.0. The van der Waals surface area contributed by atoms with Crippen LogP contribution in [0, 0.1) is 5.92 Å². The maximum Gasteiger partial charge on any atom is 0.221 e. The van der Waals surface area contributed by atoms with E-state index in [-0.39, 0.29) is 5.91 Å². The monoisotopic (exact) mass is 184 g/mol. The molecule has 0 spiro atoms. The molecule has 0 radical (unpaired) electrons. The van der Waals surface area contributed by atoms with E-state index in [4.69, 9.17) is 0 Å². The van der Waals surface area contributed by atoms with Crippen LogP contribution in [-0.2, 0) is 4.79 Å².